The van der Waals surface area contributed by atoms with Gasteiger partial charge < -0.3 is 5.32 Å². The Morgan fingerprint density at radius 3 is 2.53 bits per heavy atom. The third-order valence-corrected chi connectivity index (χ3v) is 2.63. The summed E-state index contributed by atoms with van der Waals surface area (Å²) in [4.78, 5) is 0. The molecule has 0 unspecified atom stereocenters. The molecular formula is C16H21N. The monoisotopic (exact) mass is 227 g/mol. The van der Waals surface area contributed by atoms with E-state index in [1.807, 2.05) is 6.08 Å². The second kappa shape index (κ2) is 6.09. The van der Waals surface area contributed by atoms with E-state index in [2.05, 4.69) is 57.4 Å². The van der Waals surface area contributed by atoms with E-state index in [0.29, 0.717) is 5.92 Å². The van der Waals surface area contributed by atoms with Gasteiger partial charge in [0.2, 0.25) is 0 Å². The van der Waals surface area contributed by atoms with Gasteiger partial charge in [0.05, 0.1) is 0 Å². The Kier molecular flexibility index (Phi) is 4.77. The summed E-state index contributed by atoms with van der Waals surface area (Å²) in [5, 5.41) is 3.39. The van der Waals surface area contributed by atoms with Crippen LogP contribution in [0.5, 0.6) is 0 Å². The first-order chi connectivity index (χ1) is 8.08. The molecule has 0 radical (unpaired) electrons. The van der Waals surface area contributed by atoms with E-state index in [4.69, 9.17) is 0 Å². The van der Waals surface area contributed by atoms with E-state index in [0.717, 1.165) is 11.4 Å². The predicted octanol–water partition coefficient (Wildman–Crippen LogP) is 4.79. The van der Waals surface area contributed by atoms with Crippen molar-refractivity contribution in [2.75, 3.05) is 5.32 Å². The molecule has 1 aromatic carbocycles. The second-order valence-corrected chi connectivity index (χ2v) is 4.43. The van der Waals surface area contributed by atoms with Crippen molar-refractivity contribution in [2.45, 2.75) is 26.7 Å². The molecule has 17 heavy (non-hydrogen) atoms. The number of hydrogen-bond acceptors (Lipinski definition) is 1. The molecule has 0 aliphatic carbocycles. The van der Waals surface area contributed by atoms with Gasteiger partial charge in [0.15, 0.2) is 0 Å². The van der Waals surface area contributed by atoms with Crippen LogP contribution in [-0.4, -0.2) is 0 Å². The molecule has 0 saturated carbocycles. The van der Waals surface area contributed by atoms with Crippen LogP contribution < -0.4 is 5.32 Å². The third kappa shape index (κ3) is 3.63. The van der Waals surface area contributed by atoms with Gasteiger partial charge in [-0.2, -0.15) is 0 Å². The summed E-state index contributed by atoms with van der Waals surface area (Å²) in [6.07, 6.45) is 5.47. The van der Waals surface area contributed by atoms with Crippen molar-refractivity contribution in [3.63, 3.8) is 0 Å². The van der Waals surface area contributed by atoms with Gasteiger partial charge >= 0.3 is 0 Å². The number of aryl methyl sites for hydroxylation is 1. The summed E-state index contributed by atoms with van der Waals surface area (Å²) in [7, 11) is 0. The Labute approximate surface area is 105 Å². The van der Waals surface area contributed by atoms with Gasteiger partial charge in [-0.05, 0) is 42.2 Å². The largest absolute Gasteiger partial charge is 0.355 e. The molecule has 1 rings (SSSR count). The van der Waals surface area contributed by atoms with Crippen molar-refractivity contribution in [1.82, 2.24) is 0 Å². The molecule has 0 aromatic heterocycles. The van der Waals surface area contributed by atoms with Crippen molar-refractivity contribution in [2.24, 2.45) is 0 Å². The van der Waals surface area contributed by atoms with Crippen molar-refractivity contribution in [3.05, 3.63) is 66.4 Å². The average molecular weight is 227 g/mol. The Bertz CT molecular complexity index is 439. The summed E-state index contributed by atoms with van der Waals surface area (Å²) in [6, 6.07) is 6.48. The van der Waals surface area contributed by atoms with Crippen LogP contribution in [0.25, 0.3) is 0 Å². The number of nitrogens with one attached hydrogen (secondary N) is 1. The SMILES string of the molecule is C=C/C=C(\C=C)Nc1cc(C)ccc1C(C)C. The third-order valence-electron chi connectivity index (χ3n) is 2.63. The van der Waals surface area contributed by atoms with Crippen LogP contribution >= 0.6 is 0 Å². The lowest BCUT2D eigenvalue weighted by Crippen LogP contribution is -2.02. The van der Waals surface area contributed by atoms with Crippen molar-refractivity contribution in [3.8, 4) is 0 Å². The molecule has 0 fully saturated rings. The van der Waals surface area contributed by atoms with Gasteiger partial charge in [-0.15, -0.1) is 0 Å². The number of rotatable bonds is 5. The molecule has 1 aromatic rings. The molecule has 1 nitrogen and oxygen atoms in total. The molecular weight excluding hydrogens is 206 g/mol. The molecule has 1 heteroatoms. The highest BCUT2D eigenvalue weighted by atomic mass is 14.9. The predicted molar refractivity (Wildman–Crippen MR) is 77.4 cm³/mol. The van der Waals surface area contributed by atoms with Gasteiger partial charge in [-0.1, -0.05) is 45.2 Å². The molecule has 1 N–H and O–H groups in total. The van der Waals surface area contributed by atoms with Crippen LogP contribution in [0, 0.1) is 6.92 Å². The maximum Gasteiger partial charge on any atom is 0.0422 e. The molecule has 0 bridgehead atoms. The summed E-state index contributed by atoms with van der Waals surface area (Å²) < 4.78 is 0. The molecule has 0 aliphatic heterocycles. The zero-order valence-corrected chi connectivity index (χ0v) is 11.0. The summed E-state index contributed by atoms with van der Waals surface area (Å²) in [5.41, 5.74) is 4.67. The summed E-state index contributed by atoms with van der Waals surface area (Å²) in [6.45, 7) is 14.0. The van der Waals surface area contributed by atoms with E-state index < -0.39 is 0 Å². The van der Waals surface area contributed by atoms with E-state index >= 15 is 0 Å². The highest BCUT2D eigenvalue weighted by Crippen LogP contribution is 2.26. The second-order valence-electron chi connectivity index (χ2n) is 4.43. The van der Waals surface area contributed by atoms with Gasteiger partial charge in [-0.25, -0.2) is 0 Å². The molecule has 0 aliphatic rings. The van der Waals surface area contributed by atoms with Crippen LogP contribution in [0.3, 0.4) is 0 Å². The fourth-order valence-corrected chi connectivity index (χ4v) is 1.73. The lowest BCUT2D eigenvalue weighted by Gasteiger charge is -2.16. The average Bonchev–Trinajstić information content (AvgIpc) is 2.28. The van der Waals surface area contributed by atoms with E-state index in [-0.39, 0.29) is 0 Å². The minimum Gasteiger partial charge on any atom is -0.355 e. The minimum absolute atomic E-state index is 0.493. The fraction of sp³-hybridized carbons (Fsp3) is 0.250. The lowest BCUT2D eigenvalue weighted by molar-refractivity contribution is 0.868. The maximum absolute atomic E-state index is 3.79. The molecule has 0 atom stereocenters. The van der Waals surface area contributed by atoms with Crippen LogP contribution in [-0.2, 0) is 0 Å². The Balaban J connectivity index is 3.11. The zero-order chi connectivity index (χ0) is 12.8. The number of benzene rings is 1. The van der Waals surface area contributed by atoms with Crippen molar-refractivity contribution in [1.29, 1.82) is 0 Å². The first kappa shape index (κ1) is 13.3. The topological polar surface area (TPSA) is 12.0 Å². The van der Waals surface area contributed by atoms with E-state index in [9.17, 15) is 0 Å². The number of anilines is 1. The normalized spacial score (nSPS) is 11.4. The summed E-state index contributed by atoms with van der Waals surface area (Å²) in [5.74, 6) is 0.493. The van der Waals surface area contributed by atoms with Crippen LogP contribution in [0.1, 0.15) is 30.9 Å². The Morgan fingerprint density at radius 1 is 1.29 bits per heavy atom. The van der Waals surface area contributed by atoms with E-state index in [1.165, 1.54) is 11.1 Å². The van der Waals surface area contributed by atoms with Gasteiger partial charge in [-0.3, -0.25) is 0 Å². The zero-order valence-electron chi connectivity index (χ0n) is 11.0. The van der Waals surface area contributed by atoms with Crippen molar-refractivity contribution < 1.29 is 0 Å². The van der Waals surface area contributed by atoms with Crippen LogP contribution in [0.4, 0.5) is 5.69 Å². The van der Waals surface area contributed by atoms with Crippen LogP contribution in [0.2, 0.25) is 0 Å². The van der Waals surface area contributed by atoms with Crippen LogP contribution in [0.15, 0.2) is 55.3 Å². The maximum atomic E-state index is 3.79. The van der Waals surface area contributed by atoms with E-state index in [1.54, 1.807) is 12.2 Å². The molecule has 0 amide bonds. The van der Waals surface area contributed by atoms with Gasteiger partial charge in [0.25, 0.3) is 0 Å². The lowest BCUT2D eigenvalue weighted by atomic mass is 9.99. The standard InChI is InChI=1S/C16H21N/c1-6-8-14(7-2)17-16-11-13(5)9-10-15(16)12(3)4/h6-12,17H,1-2H2,3-5H3/b14-8+. The Hall–Kier alpha value is -1.76. The molecule has 90 valence electrons. The smallest absolute Gasteiger partial charge is 0.0422 e. The van der Waals surface area contributed by atoms with Gasteiger partial charge in [0.1, 0.15) is 0 Å². The highest BCUT2D eigenvalue weighted by molar-refractivity contribution is 5.59. The fourth-order valence-electron chi connectivity index (χ4n) is 1.73. The first-order valence-corrected chi connectivity index (χ1v) is 5.91. The molecule has 0 saturated heterocycles. The number of allylic oxidation sites excluding steroid dienone is 3. The molecule has 0 spiro atoms. The molecule has 0 heterocycles. The Morgan fingerprint density at radius 2 is 2.00 bits per heavy atom. The van der Waals surface area contributed by atoms with Crippen molar-refractivity contribution >= 4 is 5.69 Å². The number of hydrogen-bond donors (Lipinski definition) is 1. The van der Waals surface area contributed by atoms with Gasteiger partial charge in [0, 0.05) is 11.4 Å². The summed E-state index contributed by atoms with van der Waals surface area (Å²) >= 11 is 0. The first-order valence-electron chi connectivity index (χ1n) is 5.91. The highest BCUT2D eigenvalue weighted by Gasteiger charge is 2.06. The minimum atomic E-state index is 0.493. The quantitative estimate of drug-likeness (QED) is 0.713.